The van der Waals surface area contributed by atoms with Gasteiger partial charge in [0.15, 0.2) is 0 Å². The maximum atomic E-state index is 11.2. The van der Waals surface area contributed by atoms with Crippen LogP contribution in [0.4, 0.5) is 11.5 Å². The number of hydrogen-bond donors (Lipinski definition) is 2. The van der Waals surface area contributed by atoms with E-state index in [9.17, 15) is 9.90 Å². The molecule has 1 heterocycles. The van der Waals surface area contributed by atoms with Crippen molar-refractivity contribution < 1.29 is 14.6 Å². The molecular formula is C12H17N3O3. The lowest BCUT2D eigenvalue weighted by Crippen LogP contribution is -2.31. The van der Waals surface area contributed by atoms with Crippen LogP contribution < -0.4 is 10.6 Å². The number of nitrogens with two attached hydrogens (primary N) is 1. The van der Waals surface area contributed by atoms with Crippen molar-refractivity contribution in [3.63, 3.8) is 0 Å². The number of anilines is 2. The number of nitrogens with zero attached hydrogens (tertiary/aromatic N) is 2. The second-order valence-electron chi connectivity index (χ2n) is 4.36. The van der Waals surface area contributed by atoms with E-state index in [0.29, 0.717) is 30.7 Å². The largest absolute Gasteiger partial charge is 0.478 e. The van der Waals surface area contributed by atoms with Crippen LogP contribution in [0.15, 0.2) is 12.3 Å². The maximum Gasteiger partial charge on any atom is 0.339 e. The molecule has 0 aromatic carbocycles. The van der Waals surface area contributed by atoms with Crippen LogP contribution >= 0.6 is 0 Å². The summed E-state index contributed by atoms with van der Waals surface area (Å²) in [6.45, 7) is 1.18. The lowest BCUT2D eigenvalue weighted by atomic mass is 10.2. The maximum absolute atomic E-state index is 11.2. The van der Waals surface area contributed by atoms with Crippen LogP contribution in [0.5, 0.6) is 0 Å². The second-order valence-corrected chi connectivity index (χ2v) is 4.36. The number of carbonyl (C=O) groups is 1. The highest BCUT2D eigenvalue weighted by Gasteiger charge is 2.32. The number of carboxylic acid groups (broad SMARTS) is 1. The monoisotopic (exact) mass is 251 g/mol. The Morgan fingerprint density at radius 1 is 1.67 bits per heavy atom. The van der Waals surface area contributed by atoms with Gasteiger partial charge in [-0.3, -0.25) is 0 Å². The van der Waals surface area contributed by atoms with Crippen LogP contribution in [0.1, 0.15) is 23.2 Å². The molecule has 0 aliphatic heterocycles. The first-order chi connectivity index (χ1) is 8.63. The summed E-state index contributed by atoms with van der Waals surface area (Å²) in [5, 5.41) is 9.21. The predicted octanol–water partition coefficient (Wildman–Crippen LogP) is 0.977. The highest BCUT2D eigenvalue weighted by molar-refractivity contribution is 5.94. The molecular weight excluding hydrogens is 234 g/mol. The molecule has 0 spiro atoms. The predicted molar refractivity (Wildman–Crippen MR) is 67.9 cm³/mol. The number of pyridine rings is 1. The smallest absolute Gasteiger partial charge is 0.339 e. The fourth-order valence-corrected chi connectivity index (χ4v) is 1.90. The Morgan fingerprint density at radius 3 is 2.94 bits per heavy atom. The molecule has 0 bridgehead atoms. The summed E-state index contributed by atoms with van der Waals surface area (Å²) in [5.74, 6) is -0.524. The van der Waals surface area contributed by atoms with Gasteiger partial charge in [-0.2, -0.15) is 0 Å². The number of hydrogen-bond acceptors (Lipinski definition) is 5. The van der Waals surface area contributed by atoms with Gasteiger partial charge in [0.05, 0.1) is 18.5 Å². The Balaban J connectivity index is 2.30. The average molecular weight is 251 g/mol. The number of aromatic carboxylic acids is 1. The summed E-state index contributed by atoms with van der Waals surface area (Å²) in [6.07, 6.45) is 3.62. The second kappa shape index (κ2) is 5.22. The van der Waals surface area contributed by atoms with Gasteiger partial charge in [0, 0.05) is 19.7 Å². The van der Waals surface area contributed by atoms with Gasteiger partial charge in [0.2, 0.25) is 0 Å². The molecule has 1 aromatic rings. The number of nitrogen functional groups attached to an aromatic ring is 1. The van der Waals surface area contributed by atoms with E-state index in [2.05, 4.69) is 4.98 Å². The standard InChI is InChI=1S/C12H17N3O3/c1-18-5-4-15(9-2-3-9)11-10(12(16)17)6-8(13)7-14-11/h6-7,9H,2-5,13H2,1H3,(H,16,17). The molecule has 1 fully saturated rings. The molecule has 0 atom stereocenters. The molecule has 0 unspecified atom stereocenters. The molecule has 1 aliphatic rings. The minimum atomic E-state index is -1.01. The molecule has 18 heavy (non-hydrogen) atoms. The van der Waals surface area contributed by atoms with E-state index in [4.69, 9.17) is 10.5 Å². The molecule has 1 aromatic heterocycles. The zero-order valence-corrected chi connectivity index (χ0v) is 10.3. The van der Waals surface area contributed by atoms with Gasteiger partial charge < -0.3 is 20.5 Å². The molecule has 6 heteroatoms. The third-order valence-corrected chi connectivity index (χ3v) is 2.91. The summed E-state index contributed by atoms with van der Waals surface area (Å²) < 4.78 is 5.05. The van der Waals surface area contributed by atoms with E-state index in [-0.39, 0.29) is 5.56 Å². The summed E-state index contributed by atoms with van der Waals surface area (Å²) in [6, 6.07) is 1.82. The Hall–Kier alpha value is -1.82. The average Bonchev–Trinajstić information content (AvgIpc) is 3.15. The molecule has 98 valence electrons. The molecule has 2 rings (SSSR count). The van der Waals surface area contributed by atoms with Gasteiger partial charge in [-0.05, 0) is 18.9 Å². The molecule has 0 amide bonds. The van der Waals surface area contributed by atoms with E-state index in [1.165, 1.54) is 12.3 Å². The van der Waals surface area contributed by atoms with Crippen LogP contribution in [0.2, 0.25) is 0 Å². The molecule has 6 nitrogen and oxygen atoms in total. The Kier molecular flexibility index (Phi) is 3.66. The Bertz CT molecular complexity index is 446. The van der Waals surface area contributed by atoms with Crippen molar-refractivity contribution in [1.29, 1.82) is 0 Å². The van der Waals surface area contributed by atoms with Crippen LogP contribution in [0.3, 0.4) is 0 Å². The van der Waals surface area contributed by atoms with Crippen molar-refractivity contribution in [1.82, 2.24) is 4.98 Å². The number of rotatable bonds is 6. The lowest BCUT2D eigenvalue weighted by Gasteiger charge is -2.24. The van der Waals surface area contributed by atoms with Crippen molar-refractivity contribution in [2.75, 3.05) is 30.9 Å². The summed E-state index contributed by atoms with van der Waals surface area (Å²) in [5.41, 5.74) is 6.10. The van der Waals surface area contributed by atoms with Gasteiger partial charge >= 0.3 is 5.97 Å². The summed E-state index contributed by atoms with van der Waals surface area (Å²) >= 11 is 0. The van der Waals surface area contributed by atoms with Crippen LogP contribution in [-0.2, 0) is 4.74 Å². The van der Waals surface area contributed by atoms with Crippen molar-refractivity contribution in [2.45, 2.75) is 18.9 Å². The lowest BCUT2D eigenvalue weighted by molar-refractivity contribution is 0.0697. The van der Waals surface area contributed by atoms with E-state index < -0.39 is 5.97 Å². The van der Waals surface area contributed by atoms with Gasteiger partial charge in [0.25, 0.3) is 0 Å². The van der Waals surface area contributed by atoms with Crippen LogP contribution in [-0.4, -0.2) is 42.4 Å². The minimum absolute atomic E-state index is 0.151. The van der Waals surface area contributed by atoms with E-state index in [1.54, 1.807) is 7.11 Å². The summed E-state index contributed by atoms with van der Waals surface area (Å²) in [7, 11) is 1.62. The van der Waals surface area contributed by atoms with Crippen LogP contribution in [0, 0.1) is 0 Å². The fraction of sp³-hybridized carbons (Fsp3) is 0.500. The van der Waals surface area contributed by atoms with Gasteiger partial charge in [-0.25, -0.2) is 9.78 Å². The number of ether oxygens (including phenoxy) is 1. The molecule has 1 aliphatic carbocycles. The normalized spacial score (nSPS) is 14.5. The Morgan fingerprint density at radius 2 is 2.39 bits per heavy atom. The fourth-order valence-electron chi connectivity index (χ4n) is 1.90. The van der Waals surface area contributed by atoms with Gasteiger partial charge in [-0.1, -0.05) is 0 Å². The van der Waals surface area contributed by atoms with E-state index >= 15 is 0 Å². The third kappa shape index (κ3) is 2.70. The molecule has 3 N–H and O–H groups in total. The number of aromatic nitrogens is 1. The van der Waals surface area contributed by atoms with E-state index in [1.807, 2.05) is 4.90 Å². The van der Waals surface area contributed by atoms with Crippen molar-refractivity contribution in [3.8, 4) is 0 Å². The first-order valence-electron chi connectivity index (χ1n) is 5.88. The highest BCUT2D eigenvalue weighted by Crippen LogP contribution is 2.32. The highest BCUT2D eigenvalue weighted by atomic mass is 16.5. The topological polar surface area (TPSA) is 88.7 Å². The third-order valence-electron chi connectivity index (χ3n) is 2.91. The molecule has 0 radical (unpaired) electrons. The number of methoxy groups -OCH3 is 1. The quantitative estimate of drug-likeness (QED) is 0.783. The zero-order chi connectivity index (χ0) is 13.1. The number of carboxylic acids is 1. The van der Waals surface area contributed by atoms with Crippen molar-refractivity contribution in [2.24, 2.45) is 0 Å². The van der Waals surface area contributed by atoms with E-state index in [0.717, 1.165) is 12.8 Å². The zero-order valence-electron chi connectivity index (χ0n) is 10.3. The summed E-state index contributed by atoms with van der Waals surface area (Å²) in [4.78, 5) is 17.4. The van der Waals surface area contributed by atoms with Crippen molar-refractivity contribution in [3.05, 3.63) is 17.8 Å². The van der Waals surface area contributed by atoms with Crippen molar-refractivity contribution >= 4 is 17.5 Å². The first kappa shape index (κ1) is 12.6. The first-order valence-corrected chi connectivity index (χ1v) is 5.88. The van der Waals surface area contributed by atoms with Crippen LogP contribution in [0.25, 0.3) is 0 Å². The Labute approximate surface area is 105 Å². The van der Waals surface area contributed by atoms with Gasteiger partial charge in [0.1, 0.15) is 11.4 Å². The molecule has 0 saturated heterocycles. The minimum Gasteiger partial charge on any atom is -0.478 e. The SMILES string of the molecule is COCCN(c1ncc(N)cc1C(=O)O)C1CC1. The van der Waals surface area contributed by atoms with Gasteiger partial charge in [-0.15, -0.1) is 0 Å². The molecule has 1 saturated carbocycles.